The lowest BCUT2D eigenvalue weighted by atomic mass is 10.1. The Kier molecular flexibility index (Phi) is 2.30. The first-order chi connectivity index (χ1) is 7.00. The van der Waals surface area contributed by atoms with Crippen LogP contribution >= 0.6 is 12.2 Å². The normalized spacial score (nSPS) is 15.9. The zero-order valence-electron chi connectivity index (χ0n) is 7.51. The third kappa shape index (κ3) is 1.77. The number of alkyl halides is 3. The molecule has 0 aromatic heterocycles. The summed E-state index contributed by atoms with van der Waals surface area (Å²) < 4.78 is 38.0. The predicted octanol–water partition coefficient (Wildman–Crippen LogP) is 2.40. The Morgan fingerprint density at radius 3 is 2.60 bits per heavy atom. The van der Waals surface area contributed by atoms with Crippen molar-refractivity contribution in [2.45, 2.75) is 12.8 Å². The molecule has 1 N–H and O–H groups in total. The first kappa shape index (κ1) is 10.2. The molecule has 1 heterocycles. The van der Waals surface area contributed by atoms with Crippen molar-refractivity contribution in [1.29, 1.82) is 0 Å². The fourth-order valence-corrected chi connectivity index (χ4v) is 1.76. The van der Waals surface area contributed by atoms with Gasteiger partial charge in [0.2, 0.25) is 0 Å². The molecule has 2 rings (SSSR count). The maximum atomic E-state index is 12.7. The van der Waals surface area contributed by atoms with Gasteiger partial charge in [-0.15, -0.1) is 13.2 Å². The van der Waals surface area contributed by atoms with Crippen LogP contribution in [0.1, 0.15) is 5.56 Å². The van der Waals surface area contributed by atoms with Crippen LogP contribution in [0.3, 0.4) is 0 Å². The van der Waals surface area contributed by atoms with Gasteiger partial charge in [0.15, 0.2) is 5.11 Å². The summed E-state index contributed by atoms with van der Waals surface area (Å²) in [7, 11) is 0. The van der Waals surface area contributed by atoms with Crippen LogP contribution in [0.25, 0.3) is 0 Å². The number of fused-ring (bicyclic) bond motifs is 1. The Morgan fingerprint density at radius 2 is 1.93 bits per heavy atom. The van der Waals surface area contributed by atoms with Crippen LogP contribution in [0, 0.1) is 0 Å². The monoisotopic (exact) mass is 232 g/mol. The number of nitrogens with zero attached hydrogens (tertiary/aromatic N) is 1. The molecule has 0 spiro atoms. The fourth-order valence-electron chi connectivity index (χ4n) is 1.49. The number of para-hydroxylation sites is 1. The maximum absolute atomic E-state index is 12.7. The first-order valence-corrected chi connectivity index (χ1v) is 4.63. The zero-order chi connectivity index (χ0) is 11.1. The SMILES string of the molecule is FC(F)(F)N1C(=S)NCc2ccccc21. The summed E-state index contributed by atoms with van der Waals surface area (Å²) in [5, 5.41) is 2.23. The third-order valence-corrected chi connectivity index (χ3v) is 2.45. The molecule has 6 heteroatoms. The van der Waals surface area contributed by atoms with E-state index < -0.39 is 6.30 Å². The van der Waals surface area contributed by atoms with Crippen LogP contribution in [0.15, 0.2) is 24.3 Å². The van der Waals surface area contributed by atoms with Gasteiger partial charge in [-0.2, -0.15) is 0 Å². The van der Waals surface area contributed by atoms with Gasteiger partial charge in [0.05, 0.1) is 5.69 Å². The van der Waals surface area contributed by atoms with Gasteiger partial charge in [-0.05, 0) is 23.8 Å². The van der Waals surface area contributed by atoms with Crippen LogP contribution in [-0.2, 0) is 6.54 Å². The highest BCUT2D eigenvalue weighted by Crippen LogP contribution is 2.33. The Bertz CT molecular complexity index is 403. The molecular formula is C9H7F3N2S. The lowest BCUT2D eigenvalue weighted by Crippen LogP contribution is -2.51. The van der Waals surface area contributed by atoms with Crippen molar-refractivity contribution in [3.63, 3.8) is 0 Å². The Balaban J connectivity index is 2.51. The van der Waals surface area contributed by atoms with Crippen molar-refractivity contribution < 1.29 is 13.2 Å². The summed E-state index contributed by atoms with van der Waals surface area (Å²) in [6, 6.07) is 6.31. The largest absolute Gasteiger partial charge is 0.491 e. The minimum Gasteiger partial charge on any atom is -0.358 e. The van der Waals surface area contributed by atoms with Gasteiger partial charge in [0.25, 0.3) is 0 Å². The summed E-state index contributed by atoms with van der Waals surface area (Å²) in [5.41, 5.74) is 0.692. The van der Waals surface area contributed by atoms with Gasteiger partial charge in [-0.3, -0.25) is 0 Å². The van der Waals surface area contributed by atoms with Crippen molar-refractivity contribution in [2.24, 2.45) is 0 Å². The topological polar surface area (TPSA) is 15.3 Å². The number of nitrogens with one attached hydrogen (secondary N) is 1. The van der Waals surface area contributed by atoms with E-state index in [-0.39, 0.29) is 15.7 Å². The second kappa shape index (κ2) is 3.37. The molecule has 2 nitrogen and oxygen atoms in total. The highest BCUT2D eigenvalue weighted by atomic mass is 32.1. The number of hydrogen-bond acceptors (Lipinski definition) is 1. The molecule has 1 aromatic carbocycles. The van der Waals surface area contributed by atoms with E-state index in [1.807, 2.05) is 0 Å². The average molecular weight is 232 g/mol. The molecule has 0 amide bonds. The lowest BCUT2D eigenvalue weighted by molar-refractivity contribution is -0.119. The highest BCUT2D eigenvalue weighted by molar-refractivity contribution is 7.80. The van der Waals surface area contributed by atoms with Crippen LogP contribution in [0.5, 0.6) is 0 Å². The molecule has 0 aliphatic carbocycles. The summed E-state index contributed by atoms with van der Waals surface area (Å²) in [5.74, 6) is 0. The van der Waals surface area contributed by atoms with Crippen molar-refractivity contribution >= 4 is 23.0 Å². The van der Waals surface area contributed by atoms with Crippen molar-refractivity contribution in [1.82, 2.24) is 5.32 Å². The van der Waals surface area contributed by atoms with Gasteiger partial charge >= 0.3 is 6.30 Å². The zero-order valence-corrected chi connectivity index (χ0v) is 8.32. The summed E-state index contributed by atoms with van der Waals surface area (Å²) >= 11 is 4.65. The standard InChI is InChI=1S/C9H7F3N2S/c10-9(11,12)14-7-4-2-1-3-6(7)5-13-8(14)15/h1-4H,5H2,(H,13,15). The molecule has 0 atom stereocenters. The number of benzene rings is 1. The number of anilines is 1. The number of rotatable bonds is 0. The van der Waals surface area contributed by atoms with E-state index in [1.165, 1.54) is 6.07 Å². The molecule has 1 aliphatic rings. The fraction of sp³-hybridized carbons (Fsp3) is 0.222. The van der Waals surface area contributed by atoms with Crippen LogP contribution in [-0.4, -0.2) is 11.4 Å². The summed E-state index contributed by atoms with van der Waals surface area (Å²) in [4.78, 5) is 0.182. The Hall–Kier alpha value is -1.30. The average Bonchev–Trinajstić information content (AvgIpc) is 2.15. The molecule has 0 radical (unpaired) electrons. The molecule has 15 heavy (non-hydrogen) atoms. The van der Waals surface area contributed by atoms with E-state index in [0.29, 0.717) is 12.1 Å². The minimum atomic E-state index is -4.49. The van der Waals surface area contributed by atoms with Gasteiger partial charge in [-0.1, -0.05) is 18.2 Å². The molecule has 0 saturated heterocycles. The molecule has 0 saturated carbocycles. The number of hydrogen-bond donors (Lipinski definition) is 1. The van der Waals surface area contributed by atoms with E-state index in [1.54, 1.807) is 18.2 Å². The molecule has 1 aliphatic heterocycles. The van der Waals surface area contributed by atoms with Gasteiger partial charge < -0.3 is 5.32 Å². The van der Waals surface area contributed by atoms with E-state index >= 15 is 0 Å². The second-order valence-electron chi connectivity index (χ2n) is 3.09. The quantitative estimate of drug-likeness (QED) is 0.546. The smallest absolute Gasteiger partial charge is 0.358 e. The predicted molar refractivity (Wildman–Crippen MR) is 54.4 cm³/mol. The van der Waals surface area contributed by atoms with Crippen LogP contribution in [0.4, 0.5) is 18.9 Å². The molecule has 1 aromatic rings. The summed E-state index contributed by atoms with van der Waals surface area (Å²) in [6.45, 7) is 0.335. The first-order valence-electron chi connectivity index (χ1n) is 4.23. The van der Waals surface area contributed by atoms with E-state index in [9.17, 15) is 13.2 Å². The molecule has 0 unspecified atom stereocenters. The highest BCUT2D eigenvalue weighted by Gasteiger charge is 2.42. The van der Waals surface area contributed by atoms with Gasteiger partial charge in [-0.25, -0.2) is 4.90 Å². The summed E-state index contributed by atoms with van der Waals surface area (Å²) in [6.07, 6.45) is -4.49. The van der Waals surface area contributed by atoms with E-state index in [0.717, 1.165) is 0 Å². The minimum absolute atomic E-state index is 0.105. The molecule has 0 bridgehead atoms. The van der Waals surface area contributed by atoms with Crippen LogP contribution in [0.2, 0.25) is 0 Å². The van der Waals surface area contributed by atoms with Crippen molar-refractivity contribution in [3.05, 3.63) is 29.8 Å². The third-order valence-electron chi connectivity index (χ3n) is 2.12. The number of halogens is 3. The van der Waals surface area contributed by atoms with Crippen molar-refractivity contribution in [2.75, 3.05) is 4.90 Å². The van der Waals surface area contributed by atoms with Crippen molar-refractivity contribution in [3.8, 4) is 0 Å². The maximum Gasteiger partial charge on any atom is 0.491 e. The van der Waals surface area contributed by atoms with E-state index in [4.69, 9.17) is 0 Å². The second-order valence-corrected chi connectivity index (χ2v) is 3.48. The molecular weight excluding hydrogens is 225 g/mol. The molecule has 0 fully saturated rings. The lowest BCUT2D eigenvalue weighted by Gasteiger charge is -2.33. The van der Waals surface area contributed by atoms with E-state index in [2.05, 4.69) is 17.5 Å². The number of thiocarbonyl (C=S) groups is 1. The Morgan fingerprint density at radius 1 is 1.27 bits per heavy atom. The molecule has 80 valence electrons. The Labute approximate surface area is 89.7 Å². The van der Waals surface area contributed by atoms with Crippen LogP contribution < -0.4 is 10.2 Å². The van der Waals surface area contributed by atoms with Gasteiger partial charge in [0.1, 0.15) is 0 Å². The van der Waals surface area contributed by atoms with Gasteiger partial charge in [0, 0.05) is 6.54 Å².